The number of rotatable bonds is 4. The van der Waals surface area contributed by atoms with E-state index in [0.29, 0.717) is 33.2 Å². The molecule has 0 aliphatic carbocycles. The van der Waals surface area contributed by atoms with Crippen LogP contribution in [0.2, 0.25) is 5.02 Å². The zero-order valence-electron chi connectivity index (χ0n) is 13.7. The van der Waals surface area contributed by atoms with Crippen LogP contribution in [0.5, 0.6) is 0 Å². The number of nitrogens with zero attached hydrogens (tertiary/aromatic N) is 1. The van der Waals surface area contributed by atoms with Crippen LogP contribution in [0.1, 0.15) is 11.1 Å². The van der Waals surface area contributed by atoms with Gasteiger partial charge in [-0.1, -0.05) is 41.0 Å². The van der Waals surface area contributed by atoms with Gasteiger partial charge in [0.25, 0.3) is 0 Å². The topological polar surface area (TPSA) is 126 Å². The van der Waals surface area contributed by atoms with Crippen molar-refractivity contribution in [1.29, 1.82) is 10.8 Å². The molecule has 2 aromatic carbocycles. The average molecular weight is 449 g/mol. The monoisotopic (exact) mass is 447 g/mol. The summed E-state index contributed by atoms with van der Waals surface area (Å²) in [4.78, 5) is 0. The van der Waals surface area contributed by atoms with E-state index in [-0.39, 0.29) is 48.9 Å². The lowest BCUT2D eigenvalue weighted by atomic mass is 10.1. The molecule has 3 rings (SSSR count). The highest BCUT2D eigenvalue weighted by molar-refractivity contribution is 6.33. The molecule has 144 valence electrons. The molecule has 3 aromatic rings. The van der Waals surface area contributed by atoms with Crippen LogP contribution < -0.4 is 11.5 Å². The first kappa shape index (κ1) is 24.8. The molecule has 0 fully saturated rings. The van der Waals surface area contributed by atoms with Crippen LogP contribution in [0.25, 0.3) is 22.6 Å². The first-order valence-corrected chi connectivity index (χ1v) is 7.39. The molecule has 0 bridgehead atoms. The first-order valence-electron chi connectivity index (χ1n) is 7.01. The Hall–Kier alpha value is -2.25. The van der Waals surface area contributed by atoms with Crippen molar-refractivity contribution in [3.8, 4) is 22.6 Å². The van der Waals surface area contributed by atoms with Gasteiger partial charge in [0, 0.05) is 28.3 Å². The summed E-state index contributed by atoms with van der Waals surface area (Å²) >= 11 is 6.21. The van der Waals surface area contributed by atoms with Crippen molar-refractivity contribution in [2.24, 2.45) is 11.5 Å². The van der Waals surface area contributed by atoms with Crippen molar-refractivity contribution in [3.63, 3.8) is 0 Å². The van der Waals surface area contributed by atoms with Crippen LogP contribution >= 0.6 is 48.8 Å². The zero-order valence-corrected chi connectivity index (χ0v) is 16.9. The van der Waals surface area contributed by atoms with Crippen molar-refractivity contribution in [3.05, 3.63) is 64.7 Å². The van der Waals surface area contributed by atoms with Gasteiger partial charge in [0.2, 0.25) is 0 Å². The van der Waals surface area contributed by atoms with Crippen LogP contribution in [-0.2, 0) is 0 Å². The standard InChI is InChI=1S/C17H14ClN5O.3ClH/c18-13-6-5-11(17(21)22)7-12(13)15-8-14(23-24-15)9-1-3-10(4-2-9)16(19)20;;;/h1-8H,(H3,19,20)(H3,21,22);3*1H. The summed E-state index contributed by atoms with van der Waals surface area (Å²) in [6, 6.07) is 13.9. The molecule has 0 aliphatic rings. The molecule has 0 radical (unpaired) electrons. The number of nitrogen functional groups attached to an aromatic ring is 2. The fraction of sp³-hybridized carbons (Fsp3) is 0. The summed E-state index contributed by atoms with van der Waals surface area (Å²) in [5.74, 6) is 0.441. The van der Waals surface area contributed by atoms with Crippen molar-refractivity contribution < 1.29 is 4.52 Å². The Morgan fingerprint density at radius 3 is 1.96 bits per heavy atom. The second-order valence-electron chi connectivity index (χ2n) is 5.18. The smallest absolute Gasteiger partial charge is 0.169 e. The maximum absolute atomic E-state index is 7.52. The average Bonchev–Trinajstić information content (AvgIpc) is 3.05. The number of nitrogens with one attached hydrogen (secondary N) is 2. The third-order valence-electron chi connectivity index (χ3n) is 3.54. The van der Waals surface area contributed by atoms with Crippen molar-refractivity contribution in [2.75, 3.05) is 0 Å². The highest BCUT2D eigenvalue weighted by Crippen LogP contribution is 2.32. The molecule has 0 saturated carbocycles. The SMILES string of the molecule is Cl.Cl.Cl.N=C(N)c1ccc(-c2cc(-c3cc(C(=N)N)ccc3Cl)on2)cc1. The Kier molecular flexibility index (Phi) is 9.33. The predicted molar refractivity (Wildman–Crippen MR) is 116 cm³/mol. The number of benzene rings is 2. The van der Waals surface area contributed by atoms with E-state index < -0.39 is 0 Å². The van der Waals surface area contributed by atoms with Gasteiger partial charge in [0.15, 0.2) is 5.76 Å². The molecule has 0 amide bonds. The number of hydrogen-bond acceptors (Lipinski definition) is 4. The minimum absolute atomic E-state index is 0. The van der Waals surface area contributed by atoms with Crippen LogP contribution in [-0.4, -0.2) is 16.8 Å². The normalized spacial score (nSPS) is 9.37. The summed E-state index contributed by atoms with van der Waals surface area (Å²) in [5, 5.41) is 19.5. The van der Waals surface area contributed by atoms with E-state index in [4.69, 9.17) is 38.4 Å². The van der Waals surface area contributed by atoms with E-state index in [1.165, 1.54) is 0 Å². The van der Waals surface area contributed by atoms with Crippen LogP contribution in [0.4, 0.5) is 0 Å². The van der Waals surface area contributed by atoms with Crippen LogP contribution in [0.3, 0.4) is 0 Å². The lowest BCUT2D eigenvalue weighted by Crippen LogP contribution is -2.10. The van der Waals surface area contributed by atoms with Crippen LogP contribution in [0, 0.1) is 10.8 Å². The number of halogens is 4. The molecule has 10 heteroatoms. The third-order valence-corrected chi connectivity index (χ3v) is 3.87. The van der Waals surface area contributed by atoms with Gasteiger partial charge in [-0.2, -0.15) is 0 Å². The van der Waals surface area contributed by atoms with E-state index in [9.17, 15) is 0 Å². The molecule has 1 heterocycles. The van der Waals surface area contributed by atoms with Crippen molar-refractivity contribution in [1.82, 2.24) is 5.16 Å². The Morgan fingerprint density at radius 1 is 0.852 bits per heavy atom. The van der Waals surface area contributed by atoms with Gasteiger partial charge in [0.05, 0.1) is 5.02 Å². The van der Waals surface area contributed by atoms with Gasteiger partial charge >= 0.3 is 0 Å². The summed E-state index contributed by atoms with van der Waals surface area (Å²) in [7, 11) is 0. The predicted octanol–water partition coefficient (Wildman–Crippen LogP) is 4.50. The summed E-state index contributed by atoms with van der Waals surface area (Å²) < 4.78 is 5.39. The fourth-order valence-corrected chi connectivity index (χ4v) is 2.45. The van der Waals surface area contributed by atoms with Gasteiger partial charge in [0.1, 0.15) is 17.4 Å². The quantitative estimate of drug-likeness (QED) is 0.346. The summed E-state index contributed by atoms with van der Waals surface area (Å²) in [6.07, 6.45) is 0. The second-order valence-corrected chi connectivity index (χ2v) is 5.58. The minimum atomic E-state index is -0.0486. The molecule has 0 unspecified atom stereocenters. The lowest BCUT2D eigenvalue weighted by Gasteiger charge is -2.03. The highest BCUT2D eigenvalue weighted by Gasteiger charge is 2.13. The van der Waals surface area contributed by atoms with Gasteiger partial charge in [-0.25, -0.2) is 0 Å². The van der Waals surface area contributed by atoms with E-state index >= 15 is 0 Å². The van der Waals surface area contributed by atoms with Gasteiger partial charge < -0.3 is 16.0 Å². The molecule has 1 aromatic heterocycles. The second kappa shape index (κ2) is 10.2. The zero-order chi connectivity index (χ0) is 17.3. The lowest BCUT2D eigenvalue weighted by molar-refractivity contribution is 0.435. The van der Waals surface area contributed by atoms with E-state index in [0.717, 1.165) is 5.56 Å². The number of aromatic nitrogens is 1. The van der Waals surface area contributed by atoms with Gasteiger partial charge in [-0.15, -0.1) is 37.2 Å². The van der Waals surface area contributed by atoms with Crippen LogP contribution in [0.15, 0.2) is 53.1 Å². The van der Waals surface area contributed by atoms with Crippen molar-refractivity contribution >= 4 is 60.5 Å². The number of hydrogen-bond donors (Lipinski definition) is 4. The fourth-order valence-electron chi connectivity index (χ4n) is 2.24. The minimum Gasteiger partial charge on any atom is -0.384 e. The number of nitrogens with two attached hydrogens (primary N) is 2. The van der Waals surface area contributed by atoms with Crippen molar-refractivity contribution in [2.45, 2.75) is 0 Å². The highest BCUT2D eigenvalue weighted by atomic mass is 35.5. The molecule has 27 heavy (non-hydrogen) atoms. The maximum Gasteiger partial charge on any atom is 0.169 e. The molecule has 0 aliphatic heterocycles. The maximum atomic E-state index is 7.52. The van der Waals surface area contributed by atoms with Gasteiger partial charge in [-0.3, -0.25) is 10.8 Å². The van der Waals surface area contributed by atoms with E-state index in [1.807, 2.05) is 12.1 Å². The summed E-state index contributed by atoms with van der Waals surface area (Å²) in [5.41, 5.74) is 14.2. The van der Waals surface area contributed by atoms with Gasteiger partial charge in [-0.05, 0) is 18.2 Å². The Labute approximate surface area is 179 Å². The molecule has 0 spiro atoms. The third kappa shape index (κ3) is 5.37. The Balaban J connectivity index is 0.00000225. The first-order chi connectivity index (χ1) is 11.5. The molecule has 6 N–H and O–H groups in total. The molecule has 0 atom stereocenters. The Morgan fingerprint density at radius 2 is 1.41 bits per heavy atom. The largest absolute Gasteiger partial charge is 0.384 e. The summed E-state index contributed by atoms with van der Waals surface area (Å²) in [6.45, 7) is 0. The van der Waals surface area contributed by atoms with E-state index in [2.05, 4.69) is 5.16 Å². The molecular formula is C17H17Cl4N5O. The van der Waals surface area contributed by atoms with E-state index in [1.54, 1.807) is 36.4 Å². The molecule has 6 nitrogen and oxygen atoms in total. The molecule has 0 saturated heterocycles. The number of amidine groups is 2. The molecular weight excluding hydrogens is 432 g/mol. The Bertz CT molecular complexity index is 941.